The highest BCUT2D eigenvalue weighted by Gasteiger charge is 2.33. The van der Waals surface area contributed by atoms with Crippen LogP contribution >= 0.6 is 0 Å². The first-order valence-electron chi connectivity index (χ1n) is 10.7. The van der Waals surface area contributed by atoms with E-state index in [4.69, 9.17) is 4.74 Å². The number of alkyl halides is 3. The highest BCUT2D eigenvalue weighted by molar-refractivity contribution is 6.02. The summed E-state index contributed by atoms with van der Waals surface area (Å²) >= 11 is 0. The fourth-order valence-corrected chi connectivity index (χ4v) is 4.29. The second kappa shape index (κ2) is 8.66. The third-order valence-electron chi connectivity index (χ3n) is 6.08. The fourth-order valence-electron chi connectivity index (χ4n) is 4.29. The monoisotopic (exact) mass is 462 g/mol. The van der Waals surface area contributed by atoms with Crippen LogP contribution < -0.4 is 4.90 Å². The molecule has 0 spiro atoms. The van der Waals surface area contributed by atoms with Gasteiger partial charge in [0.2, 0.25) is 0 Å². The van der Waals surface area contributed by atoms with Crippen molar-refractivity contribution in [2.24, 2.45) is 0 Å². The van der Waals surface area contributed by atoms with Crippen LogP contribution in [0.25, 0.3) is 22.2 Å². The second-order valence-corrected chi connectivity index (χ2v) is 8.53. The van der Waals surface area contributed by atoms with Crippen molar-refractivity contribution in [3.05, 3.63) is 41.2 Å². The number of nitrogens with one attached hydrogen (secondary N) is 1. The zero-order valence-electron chi connectivity index (χ0n) is 18.5. The van der Waals surface area contributed by atoms with Crippen LogP contribution in [0.2, 0.25) is 0 Å². The van der Waals surface area contributed by atoms with Gasteiger partial charge in [0, 0.05) is 43.2 Å². The van der Waals surface area contributed by atoms with E-state index in [1.54, 1.807) is 0 Å². The number of anilines is 1. The molecule has 1 aliphatic heterocycles. The number of fused-ring (bicyclic) bond motifs is 1. The molecule has 0 radical (unpaired) electrons. The van der Waals surface area contributed by atoms with Gasteiger partial charge in [-0.15, -0.1) is 0 Å². The maximum Gasteiger partial charge on any atom is 0.416 e. The number of benzene rings is 1. The van der Waals surface area contributed by atoms with E-state index in [0.29, 0.717) is 35.5 Å². The van der Waals surface area contributed by atoms with Gasteiger partial charge in [-0.25, -0.2) is 9.78 Å². The van der Waals surface area contributed by atoms with Gasteiger partial charge in [-0.3, -0.25) is 5.10 Å². The maximum atomic E-state index is 13.7. The number of aromatic nitrogens is 3. The van der Waals surface area contributed by atoms with Crippen LogP contribution in [0.5, 0.6) is 0 Å². The number of nitrogens with zero attached hydrogens (tertiary/aromatic N) is 3. The van der Waals surface area contributed by atoms with E-state index in [2.05, 4.69) is 15.2 Å². The molecule has 2 N–H and O–H groups in total. The number of carboxylic acid groups (broad SMARTS) is 1. The molecule has 3 aromatic rings. The highest BCUT2D eigenvalue weighted by Crippen LogP contribution is 2.42. The Hall–Kier alpha value is -3.14. The average Bonchev–Trinajstić information content (AvgIpc) is 3.22. The van der Waals surface area contributed by atoms with E-state index in [-0.39, 0.29) is 28.9 Å². The summed E-state index contributed by atoms with van der Waals surface area (Å²) in [6.45, 7) is 4.99. The van der Waals surface area contributed by atoms with Gasteiger partial charge in [0.1, 0.15) is 0 Å². The molecule has 1 fully saturated rings. The van der Waals surface area contributed by atoms with Gasteiger partial charge < -0.3 is 14.7 Å². The minimum Gasteiger partial charge on any atom is -0.477 e. The zero-order valence-corrected chi connectivity index (χ0v) is 18.5. The molecule has 1 aromatic carbocycles. The summed E-state index contributed by atoms with van der Waals surface area (Å²) in [5, 5.41) is 17.2. The second-order valence-electron chi connectivity index (χ2n) is 8.53. The fraction of sp³-hybridized carbons (Fsp3) is 0.435. The molecule has 0 unspecified atom stereocenters. The summed E-state index contributed by atoms with van der Waals surface area (Å²) in [5.74, 6) is -1.31. The predicted molar refractivity (Wildman–Crippen MR) is 118 cm³/mol. The lowest BCUT2D eigenvalue weighted by Crippen LogP contribution is -2.37. The Bertz CT molecular complexity index is 1180. The van der Waals surface area contributed by atoms with Crippen molar-refractivity contribution in [3.8, 4) is 11.1 Å². The molecule has 1 saturated heterocycles. The Morgan fingerprint density at radius 3 is 2.52 bits per heavy atom. The quantitative estimate of drug-likeness (QED) is 0.550. The Morgan fingerprint density at radius 1 is 1.21 bits per heavy atom. The van der Waals surface area contributed by atoms with Gasteiger partial charge in [0.25, 0.3) is 0 Å². The number of halogens is 3. The van der Waals surface area contributed by atoms with E-state index in [1.165, 1.54) is 12.1 Å². The van der Waals surface area contributed by atoms with Crippen molar-refractivity contribution < 1.29 is 27.8 Å². The number of hydrogen-bond donors (Lipinski definition) is 2. The standard InChI is InChI=1S/C23H25F3N4O3/c1-12(2)20-19-16(11-17(22(31)32)27-21(19)29-28-20)15-10-13(23(24,25)26)4-5-18(15)30(3)14-6-8-33-9-7-14/h4-5,10-12,14H,6-9H2,1-3H3,(H,31,32)(H,27,28,29). The first kappa shape index (κ1) is 23.0. The van der Waals surface area contributed by atoms with E-state index in [1.807, 2.05) is 25.8 Å². The van der Waals surface area contributed by atoms with Crippen molar-refractivity contribution in [2.45, 2.75) is 44.8 Å². The van der Waals surface area contributed by atoms with E-state index >= 15 is 0 Å². The molecule has 0 bridgehead atoms. The molecular weight excluding hydrogens is 437 g/mol. The number of aromatic carboxylic acids is 1. The Balaban J connectivity index is 2.01. The van der Waals surface area contributed by atoms with Gasteiger partial charge >= 0.3 is 12.1 Å². The minimum absolute atomic E-state index is 0.0336. The van der Waals surface area contributed by atoms with Crippen LogP contribution in [0.1, 0.15) is 54.4 Å². The summed E-state index contributed by atoms with van der Waals surface area (Å²) in [6, 6.07) is 5.02. The molecule has 1 aliphatic rings. The molecule has 33 heavy (non-hydrogen) atoms. The number of H-pyrrole nitrogens is 1. The number of carbonyl (C=O) groups is 1. The number of pyridine rings is 1. The summed E-state index contributed by atoms with van der Waals surface area (Å²) in [4.78, 5) is 17.8. The largest absolute Gasteiger partial charge is 0.477 e. The molecule has 2 aromatic heterocycles. The summed E-state index contributed by atoms with van der Waals surface area (Å²) in [7, 11) is 1.84. The lowest BCUT2D eigenvalue weighted by atomic mass is 9.93. The lowest BCUT2D eigenvalue weighted by molar-refractivity contribution is -0.137. The van der Waals surface area contributed by atoms with Crippen LogP contribution in [0.15, 0.2) is 24.3 Å². The Morgan fingerprint density at radius 2 is 1.91 bits per heavy atom. The van der Waals surface area contributed by atoms with Gasteiger partial charge in [0.05, 0.1) is 10.9 Å². The minimum atomic E-state index is -4.55. The molecule has 0 atom stereocenters. The SMILES string of the molecule is CC(C)c1[nH]nc2nc(C(=O)O)cc(-c3cc(C(F)(F)F)ccc3N(C)C3CCOCC3)c12. The smallest absolute Gasteiger partial charge is 0.416 e. The first-order valence-corrected chi connectivity index (χ1v) is 10.7. The number of ether oxygens (including phenoxy) is 1. The van der Waals surface area contributed by atoms with Crippen molar-refractivity contribution in [3.63, 3.8) is 0 Å². The third kappa shape index (κ3) is 4.39. The lowest BCUT2D eigenvalue weighted by Gasteiger charge is -2.34. The summed E-state index contributed by atoms with van der Waals surface area (Å²) < 4.78 is 46.5. The number of hydrogen-bond acceptors (Lipinski definition) is 5. The molecule has 176 valence electrons. The molecule has 7 nitrogen and oxygen atoms in total. The molecule has 3 heterocycles. The van der Waals surface area contributed by atoms with Crippen molar-refractivity contribution in [1.82, 2.24) is 15.2 Å². The highest BCUT2D eigenvalue weighted by atomic mass is 19.4. The van der Waals surface area contributed by atoms with E-state index in [9.17, 15) is 23.1 Å². The topological polar surface area (TPSA) is 91.3 Å². The molecule has 0 amide bonds. The van der Waals surface area contributed by atoms with Gasteiger partial charge in [-0.1, -0.05) is 13.8 Å². The number of rotatable bonds is 5. The molecule has 4 rings (SSSR count). The van der Waals surface area contributed by atoms with Crippen LogP contribution in [-0.2, 0) is 10.9 Å². The van der Waals surface area contributed by atoms with Crippen molar-refractivity contribution in [2.75, 3.05) is 25.2 Å². The van der Waals surface area contributed by atoms with Crippen LogP contribution in [0.4, 0.5) is 18.9 Å². The number of carboxylic acids is 1. The van der Waals surface area contributed by atoms with E-state index < -0.39 is 17.7 Å². The summed E-state index contributed by atoms with van der Waals surface area (Å²) in [6.07, 6.45) is -3.07. The molecule has 0 saturated carbocycles. The summed E-state index contributed by atoms with van der Waals surface area (Å²) in [5.41, 5.74) is 0.975. The van der Waals surface area contributed by atoms with Gasteiger partial charge in [-0.05, 0) is 48.6 Å². The molecular formula is C23H25F3N4O3. The normalized spacial score (nSPS) is 15.4. The molecule has 10 heteroatoms. The van der Waals surface area contributed by atoms with E-state index in [0.717, 1.165) is 25.0 Å². The van der Waals surface area contributed by atoms with Gasteiger partial charge in [0.15, 0.2) is 11.3 Å². The average molecular weight is 462 g/mol. The Labute approximate surface area is 188 Å². The number of aromatic amines is 1. The third-order valence-corrected chi connectivity index (χ3v) is 6.08. The molecule has 0 aliphatic carbocycles. The van der Waals surface area contributed by atoms with Gasteiger partial charge in [-0.2, -0.15) is 18.3 Å². The van der Waals surface area contributed by atoms with Crippen molar-refractivity contribution in [1.29, 1.82) is 0 Å². The van der Waals surface area contributed by atoms with Crippen molar-refractivity contribution >= 4 is 22.7 Å². The predicted octanol–water partition coefficient (Wildman–Crippen LogP) is 5.08. The Kier molecular flexibility index (Phi) is 6.04. The van der Waals surface area contributed by atoms with Crippen LogP contribution in [0, 0.1) is 0 Å². The van der Waals surface area contributed by atoms with Crippen LogP contribution in [0.3, 0.4) is 0 Å². The zero-order chi connectivity index (χ0) is 23.9. The maximum absolute atomic E-state index is 13.7. The first-order chi connectivity index (χ1) is 15.6. The van der Waals surface area contributed by atoms with Crippen LogP contribution in [-0.4, -0.2) is 52.6 Å².